The molecule has 1 atom stereocenters. The van der Waals surface area contributed by atoms with E-state index in [1.807, 2.05) is 13.8 Å². The molecule has 5 heteroatoms. The van der Waals surface area contributed by atoms with E-state index in [-0.39, 0.29) is 12.5 Å². The smallest absolute Gasteiger partial charge is 0.237 e. The molecule has 0 aliphatic carbocycles. The highest BCUT2D eigenvalue weighted by molar-refractivity contribution is 5.81. The minimum atomic E-state index is -0.442. The van der Waals surface area contributed by atoms with Crippen molar-refractivity contribution in [3.8, 4) is 0 Å². The summed E-state index contributed by atoms with van der Waals surface area (Å²) in [7, 11) is 0. The van der Waals surface area contributed by atoms with Gasteiger partial charge in [0.2, 0.25) is 5.91 Å². The number of aliphatic hydroxyl groups excluding tert-OH is 1. The first-order chi connectivity index (χ1) is 7.07. The fourth-order valence-electron chi connectivity index (χ4n) is 1.16. The Bertz CT molecular complexity index is 174. The van der Waals surface area contributed by atoms with E-state index >= 15 is 0 Å². The number of carbonyl (C=O) groups is 1. The molecule has 0 aromatic heterocycles. The van der Waals surface area contributed by atoms with Crippen molar-refractivity contribution in [2.75, 3.05) is 26.4 Å². The van der Waals surface area contributed by atoms with E-state index in [1.165, 1.54) is 0 Å². The van der Waals surface area contributed by atoms with Crippen LogP contribution >= 0.6 is 0 Å². The van der Waals surface area contributed by atoms with E-state index in [0.717, 1.165) is 0 Å². The van der Waals surface area contributed by atoms with E-state index in [2.05, 4.69) is 5.32 Å². The molecule has 5 nitrogen and oxygen atoms in total. The lowest BCUT2D eigenvalue weighted by molar-refractivity contribution is -0.122. The van der Waals surface area contributed by atoms with Crippen molar-refractivity contribution in [1.82, 2.24) is 5.32 Å². The Morgan fingerprint density at radius 3 is 2.67 bits per heavy atom. The molecule has 90 valence electrons. The number of ether oxygens (including phenoxy) is 1. The topological polar surface area (TPSA) is 84.6 Å². The quantitative estimate of drug-likeness (QED) is 0.479. The molecule has 15 heavy (non-hydrogen) atoms. The van der Waals surface area contributed by atoms with E-state index < -0.39 is 6.04 Å². The summed E-state index contributed by atoms with van der Waals surface area (Å²) in [6.07, 6.45) is 0.684. The number of carbonyl (C=O) groups excluding carboxylic acids is 1. The van der Waals surface area contributed by atoms with Gasteiger partial charge in [-0.2, -0.15) is 0 Å². The minimum absolute atomic E-state index is 0.000803. The van der Waals surface area contributed by atoms with Gasteiger partial charge in [-0.25, -0.2) is 0 Å². The summed E-state index contributed by atoms with van der Waals surface area (Å²) < 4.78 is 4.99. The second kappa shape index (κ2) is 8.64. The van der Waals surface area contributed by atoms with Gasteiger partial charge in [-0.1, -0.05) is 13.8 Å². The Labute approximate surface area is 91.0 Å². The first kappa shape index (κ1) is 14.3. The summed E-state index contributed by atoms with van der Waals surface area (Å²) in [6, 6.07) is -0.442. The molecule has 0 radical (unpaired) electrons. The molecule has 0 saturated heterocycles. The zero-order valence-corrected chi connectivity index (χ0v) is 9.53. The molecule has 1 amide bonds. The van der Waals surface area contributed by atoms with Crippen molar-refractivity contribution >= 4 is 5.91 Å². The maximum Gasteiger partial charge on any atom is 0.237 e. The molecule has 0 rings (SSSR count). The van der Waals surface area contributed by atoms with Gasteiger partial charge in [-0.15, -0.1) is 0 Å². The number of hydrogen-bond acceptors (Lipinski definition) is 4. The van der Waals surface area contributed by atoms with Gasteiger partial charge in [-0.3, -0.25) is 4.79 Å². The van der Waals surface area contributed by atoms with Gasteiger partial charge in [-0.05, 0) is 12.3 Å². The molecule has 0 aliphatic rings. The second-order valence-corrected chi connectivity index (χ2v) is 3.86. The Hall–Kier alpha value is -0.650. The fourth-order valence-corrected chi connectivity index (χ4v) is 1.16. The number of hydrogen-bond donors (Lipinski definition) is 3. The monoisotopic (exact) mass is 218 g/mol. The van der Waals surface area contributed by atoms with Gasteiger partial charge < -0.3 is 20.9 Å². The lowest BCUT2D eigenvalue weighted by Gasteiger charge is -2.13. The van der Waals surface area contributed by atoms with Crippen LogP contribution in [0, 0.1) is 5.92 Å². The summed E-state index contributed by atoms with van der Waals surface area (Å²) in [6.45, 7) is 5.19. The Kier molecular flexibility index (Phi) is 8.27. The van der Waals surface area contributed by atoms with Gasteiger partial charge in [0.1, 0.15) is 0 Å². The van der Waals surface area contributed by atoms with Crippen molar-refractivity contribution in [1.29, 1.82) is 0 Å². The van der Waals surface area contributed by atoms with Crippen molar-refractivity contribution in [3.05, 3.63) is 0 Å². The second-order valence-electron chi connectivity index (χ2n) is 3.86. The molecule has 0 unspecified atom stereocenters. The van der Waals surface area contributed by atoms with Crippen molar-refractivity contribution in [3.63, 3.8) is 0 Å². The molecule has 0 aromatic rings. The van der Waals surface area contributed by atoms with Crippen LogP contribution in [0.15, 0.2) is 0 Å². The number of aliphatic hydroxyl groups is 1. The van der Waals surface area contributed by atoms with E-state index in [0.29, 0.717) is 32.1 Å². The lowest BCUT2D eigenvalue weighted by Crippen LogP contribution is -2.42. The predicted molar refractivity (Wildman–Crippen MR) is 58.3 cm³/mol. The SMILES string of the molecule is CC(C)C[C@H](N)C(=O)NCCOCCO. The van der Waals surface area contributed by atoms with Crippen LogP contribution in [-0.4, -0.2) is 43.4 Å². The third-order valence-electron chi connectivity index (χ3n) is 1.84. The molecular weight excluding hydrogens is 196 g/mol. The first-order valence-electron chi connectivity index (χ1n) is 5.29. The van der Waals surface area contributed by atoms with Gasteiger partial charge in [0.25, 0.3) is 0 Å². The number of rotatable bonds is 8. The van der Waals surface area contributed by atoms with Gasteiger partial charge in [0.15, 0.2) is 0 Å². The van der Waals surface area contributed by atoms with Crippen LogP contribution in [0.2, 0.25) is 0 Å². The zero-order valence-electron chi connectivity index (χ0n) is 9.53. The van der Waals surface area contributed by atoms with Crippen LogP contribution in [-0.2, 0) is 9.53 Å². The average molecular weight is 218 g/mol. The third-order valence-corrected chi connectivity index (χ3v) is 1.84. The largest absolute Gasteiger partial charge is 0.394 e. The highest BCUT2D eigenvalue weighted by Crippen LogP contribution is 2.02. The van der Waals surface area contributed by atoms with Crippen LogP contribution in [0.25, 0.3) is 0 Å². The summed E-state index contributed by atoms with van der Waals surface area (Å²) in [4.78, 5) is 11.4. The molecule has 0 aliphatic heterocycles. The standard InChI is InChI=1S/C10H22N2O3/c1-8(2)7-9(11)10(14)12-3-5-15-6-4-13/h8-9,13H,3-7,11H2,1-2H3,(H,12,14)/t9-/m0/s1. The molecule has 0 aromatic carbocycles. The summed E-state index contributed by atoms with van der Waals surface area (Å²) >= 11 is 0. The molecule has 0 saturated carbocycles. The van der Waals surface area contributed by atoms with E-state index in [4.69, 9.17) is 15.6 Å². The van der Waals surface area contributed by atoms with Crippen LogP contribution in [0.3, 0.4) is 0 Å². The Balaban J connectivity index is 3.47. The van der Waals surface area contributed by atoms with Gasteiger partial charge >= 0.3 is 0 Å². The molecule has 0 bridgehead atoms. The maximum atomic E-state index is 11.4. The number of amides is 1. The summed E-state index contributed by atoms with van der Waals surface area (Å²) in [5.74, 6) is 0.271. The molecule has 4 N–H and O–H groups in total. The molecule has 0 spiro atoms. The normalized spacial score (nSPS) is 12.9. The molecule has 0 fully saturated rings. The van der Waals surface area contributed by atoms with E-state index in [1.54, 1.807) is 0 Å². The first-order valence-corrected chi connectivity index (χ1v) is 5.29. The zero-order chi connectivity index (χ0) is 11.7. The summed E-state index contributed by atoms with van der Waals surface area (Å²) in [5, 5.41) is 11.1. The van der Waals surface area contributed by atoms with Crippen molar-refractivity contribution in [2.45, 2.75) is 26.3 Å². The lowest BCUT2D eigenvalue weighted by atomic mass is 10.0. The van der Waals surface area contributed by atoms with Crippen LogP contribution < -0.4 is 11.1 Å². The van der Waals surface area contributed by atoms with Crippen LogP contribution in [0.4, 0.5) is 0 Å². The molecular formula is C10H22N2O3. The van der Waals surface area contributed by atoms with Gasteiger partial charge in [0.05, 0.1) is 25.9 Å². The summed E-state index contributed by atoms with van der Waals surface area (Å²) in [5.41, 5.74) is 5.67. The van der Waals surface area contributed by atoms with Crippen LogP contribution in [0.1, 0.15) is 20.3 Å². The Morgan fingerprint density at radius 2 is 2.13 bits per heavy atom. The highest BCUT2D eigenvalue weighted by atomic mass is 16.5. The van der Waals surface area contributed by atoms with E-state index in [9.17, 15) is 4.79 Å². The molecule has 0 heterocycles. The Morgan fingerprint density at radius 1 is 1.47 bits per heavy atom. The van der Waals surface area contributed by atoms with Crippen molar-refractivity contribution in [2.24, 2.45) is 11.7 Å². The minimum Gasteiger partial charge on any atom is -0.394 e. The number of nitrogens with one attached hydrogen (secondary N) is 1. The maximum absolute atomic E-state index is 11.4. The third kappa shape index (κ3) is 8.35. The average Bonchev–Trinajstić information content (AvgIpc) is 2.16. The fraction of sp³-hybridized carbons (Fsp3) is 0.900. The van der Waals surface area contributed by atoms with Crippen LogP contribution in [0.5, 0.6) is 0 Å². The highest BCUT2D eigenvalue weighted by Gasteiger charge is 2.13. The predicted octanol–water partition coefficient (Wildman–Crippen LogP) is -0.515. The van der Waals surface area contributed by atoms with Gasteiger partial charge in [0, 0.05) is 6.54 Å². The van der Waals surface area contributed by atoms with Crippen molar-refractivity contribution < 1.29 is 14.6 Å². The number of nitrogens with two attached hydrogens (primary N) is 1.